The number of para-hydroxylation sites is 1. The molecular formula is C20H23N3O. The Morgan fingerprint density at radius 2 is 1.83 bits per heavy atom. The minimum atomic E-state index is 0.739. The largest absolute Gasteiger partial charge is 0.494 e. The van der Waals surface area contributed by atoms with Gasteiger partial charge in [0.15, 0.2) is 0 Å². The van der Waals surface area contributed by atoms with Gasteiger partial charge in [-0.1, -0.05) is 38.0 Å². The molecule has 0 amide bonds. The molecule has 124 valence electrons. The molecule has 0 saturated heterocycles. The van der Waals surface area contributed by atoms with Crippen LogP contribution in [0.5, 0.6) is 5.75 Å². The number of nitrogen functional groups attached to an aromatic ring is 1. The number of nitrogens with one attached hydrogen (secondary N) is 1. The van der Waals surface area contributed by atoms with Gasteiger partial charge in [-0.3, -0.25) is 5.10 Å². The molecule has 0 radical (unpaired) electrons. The van der Waals surface area contributed by atoms with Crippen LogP contribution in [0.4, 0.5) is 5.69 Å². The van der Waals surface area contributed by atoms with Gasteiger partial charge in [0.25, 0.3) is 0 Å². The Hall–Kier alpha value is -2.75. The van der Waals surface area contributed by atoms with Gasteiger partial charge in [0.2, 0.25) is 0 Å². The second-order valence-electron chi connectivity index (χ2n) is 5.83. The summed E-state index contributed by atoms with van der Waals surface area (Å²) < 4.78 is 5.74. The van der Waals surface area contributed by atoms with Crippen LogP contribution in [-0.4, -0.2) is 16.8 Å². The van der Waals surface area contributed by atoms with Crippen molar-refractivity contribution in [1.82, 2.24) is 10.2 Å². The number of anilines is 1. The molecule has 0 spiro atoms. The third kappa shape index (κ3) is 3.77. The van der Waals surface area contributed by atoms with E-state index < -0.39 is 0 Å². The minimum Gasteiger partial charge on any atom is -0.494 e. The van der Waals surface area contributed by atoms with Crippen LogP contribution in [0.2, 0.25) is 0 Å². The molecule has 0 aliphatic carbocycles. The van der Waals surface area contributed by atoms with Crippen molar-refractivity contribution in [3.63, 3.8) is 0 Å². The SMILES string of the molecule is CCCCCOc1ccc(-c2cc(-c3ccccc3N)[nH]n2)cc1. The van der Waals surface area contributed by atoms with Crippen LogP contribution in [0, 0.1) is 0 Å². The first-order chi connectivity index (χ1) is 11.8. The normalized spacial score (nSPS) is 10.7. The zero-order valence-electron chi connectivity index (χ0n) is 14.0. The molecule has 0 fully saturated rings. The van der Waals surface area contributed by atoms with E-state index in [2.05, 4.69) is 17.1 Å². The highest BCUT2D eigenvalue weighted by Crippen LogP contribution is 2.28. The summed E-state index contributed by atoms with van der Waals surface area (Å²) in [7, 11) is 0. The summed E-state index contributed by atoms with van der Waals surface area (Å²) in [6.45, 7) is 2.96. The molecule has 3 aromatic rings. The van der Waals surface area contributed by atoms with Gasteiger partial charge in [0.1, 0.15) is 5.75 Å². The molecule has 1 aromatic heterocycles. The summed E-state index contributed by atoms with van der Waals surface area (Å²) >= 11 is 0. The first-order valence-corrected chi connectivity index (χ1v) is 8.41. The predicted octanol–water partition coefficient (Wildman–Crippen LogP) is 4.89. The Kier molecular flexibility index (Phi) is 5.16. The van der Waals surface area contributed by atoms with Gasteiger partial charge in [-0.2, -0.15) is 5.10 Å². The molecule has 4 heteroatoms. The van der Waals surface area contributed by atoms with Crippen LogP contribution >= 0.6 is 0 Å². The summed E-state index contributed by atoms with van der Waals surface area (Å²) in [6, 6.07) is 17.8. The number of nitrogens with zero attached hydrogens (tertiary/aromatic N) is 1. The third-order valence-corrected chi connectivity index (χ3v) is 4.00. The topological polar surface area (TPSA) is 63.9 Å². The number of aromatic nitrogens is 2. The molecule has 2 aromatic carbocycles. The summed E-state index contributed by atoms with van der Waals surface area (Å²) in [5, 5.41) is 7.46. The lowest BCUT2D eigenvalue weighted by atomic mass is 10.1. The molecule has 0 atom stereocenters. The Balaban J connectivity index is 1.70. The Bertz CT molecular complexity index is 778. The zero-order valence-corrected chi connectivity index (χ0v) is 14.0. The number of unbranched alkanes of at least 4 members (excludes halogenated alkanes) is 2. The van der Waals surface area contributed by atoms with E-state index in [0.717, 1.165) is 47.0 Å². The van der Waals surface area contributed by atoms with E-state index in [1.165, 1.54) is 12.8 Å². The Labute approximate surface area is 142 Å². The molecule has 3 rings (SSSR count). The smallest absolute Gasteiger partial charge is 0.119 e. The first kappa shape index (κ1) is 16.1. The molecule has 0 bridgehead atoms. The van der Waals surface area contributed by atoms with Gasteiger partial charge in [0, 0.05) is 16.8 Å². The lowest BCUT2D eigenvalue weighted by molar-refractivity contribution is 0.306. The van der Waals surface area contributed by atoms with Crippen molar-refractivity contribution < 1.29 is 4.74 Å². The van der Waals surface area contributed by atoms with Gasteiger partial charge in [-0.25, -0.2) is 0 Å². The molecular weight excluding hydrogens is 298 g/mol. The molecule has 0 saturated carbocycles. The van der Waals surface area contributed by atoms with Crippen LogP contribution in [0.15, 0.2) is 54.6 Å². The van der Waals surface area contributed by atoms with Gasteiger partial charge in [-0.05, 0) is 42.8 Å². The van der Waals surface area contributed by atoms with Crippen LogP contribution in [0.25, 0.3) is 22.5 Å². The van der Waals surface area contributed by atoms with Crippen LogP contribution < -0.4 is 10.5 Å². The van der Waals surface area contributed by atoms with Crippen molar-refractivity contribution in [3.8, 4) is 28.3 Å². The number of H-pyrrole nitrogens is 1. The van der Waals surface area contributed by atoms with Crippen LogP contribution in [0.3, 0.4) is 0 Å². The summed E-state index contributed by atoms with van der Waals surface area (Å²) in [4.78, 5) is 0. The Morgan fingerprint density at radius 1 is 1.04 bits per heavy atom. The van der Waals surface area contributed by atoms with Crippen molar-refractivity contribution in [1.29, 1.82) is 0 Å². The van der Waals surface area contributed by atoms with Gasteiger partial charge in [0.05, 0.1) is 18.0 Å². The van der Waals surface area contributed by atoms with Crippen LogP contribution in [0.1, 0.15) is 26.2 Å². The molecule has 1 heterocycles. The average Bonchev–Trinajstić information content (AvgIpc) is 3.09. The van der Waals surface area contributed by atoms with E-state index in [1.807, 2.05) is 54.6 Å². The fraction of sp³-hybridized carbons (Fsp3) is 0.250. The molecule has 24 heavy (non-hydrogen) atoms. The van der Waals surface area contributed by atoms with Crippen molar-refractivity contribution >= 4 is 5.69 Å². The molecule has 0 aliphatic rings. The molecule has 3 N–H and O–H groups in total. The maximum absolute atomic E-state index is 6.02. The van der Waals surface area contributed by atoms with E-state index in [-0.39, 0.29) is 0 Å². The highest BCUT2D eigenvalue weighted by Gasteiger charge is 2.08. The van der Waals surface area contributed by atoms with E-state index in [0.29, 0.717) is 0 Å². The van der Waals surface area contributed by atoms with E-state index in [9.17, 15) is 0 Å². The van der Waals surface area contributed by atoms with E-state index in [1.54, 1.807) is 0 Å². The van der Waals surface area contributed by atoms with Crippen molar-refractivity contribution in [2.75, 3.05) is 12.3 Å². The first-order valence-electron chi connectivity index (χ1n) is 8.41. The fourth-order valence-corrected chi connectivity index (χ4v) is 2.61. The average molecular weight is 321 g/mol. The number of ether oxygens (including phenoxy) is 1. The highest BCUT2D eigenvalue weighted by molar-refractivity contribution is 5.76. The van der Waals surface area contributed by atoms with Gasteiger partial charge in [-0.15, -0.1) is 0 Å². The van der Waals surface area contributed by atoms with Gasteiger partial charge < -0.3 is 10.5 Å². The van der Waals surface area contributed by atoms with Crippen molar-refractivity contribution in [3.05, 3.63) is 54.6 Å². The summed E-state index contributed by atoms with van der Waals surface area (Å²) in [5.41, 5.74) is 10.6. The second-order valence-corrected chi connectivity index (χ2v) is 5.83. The van der Waals surface area contributed by atoms with E-state index in [4.69, 9.17) is 10.5 Å². The number of hydrogen-bond acceptors (Lipinski definition) is 3. The molecule has 4 nitrogen and oxygen atoms in total. The van der Waals surface area contributed by atoms with E-state index >= 15 is 0 Å². The summed E-state index contributed by atoms with van der Waals surface area (Å²) in [5.74, 6) is 0.901. The van der Waals surface area contributed by atoms with Crippen molar-refractivity contribution in [2.24, 2.45) is 0 Å². The molecule has 0 unspecified atom stereocenters. The highest BCUT2D eigenvalue weighted by atomic mass is 16.5. The van der Waals surface area contributed by atoms with Gasteiger partial charge >= 0.3 is 0 Å². The standard InChI is InChI=1S/C20H23N3O/c1-2-3-6-13-24-16-11-9-15(10-12-16)19-14-20(23-22-19)17-7-4-5-8-18(17)21/h4-5,7-12,14H,2-3,6,13,21H2,1H3,(H,22,23). The minimum absolute atomic E-state index is 0.739. The van der Waals surface area contributed by atoms with Crippen LogP contribution in [-0.2, 0) is 0 Å². The Morgan fingerprint density at radius 3 is 2.58 bits per heavy atom. The zero-order chi connectivity index (χ0) is 16.8. The summed E-state index contributed by atoms with van der Waals surface area (Å²) in [6.07, 6.45) is 3.51. The third-order valence-electron chi connectivity index (χ3n) is 4.00. The lowest BCUT2D eigenvalue weighted by Crippen LogP contribution is -1.96. The number of nitrogens with two attached hydrogens (primary N) is 1. The number of hydrogen-bond donors (Lipinski definition) is 2. The molecule has 0 aliphatic heterocycles. The second kappa shape index (κ2) is 7.68. The predicted molar refractivity (Wildman–Crippen MR) is 98.9 cm³/mol. The van der Waals surface area contributed by atoms with Crippen molar-refractivity contribution in [2.45, 2.75) is 26.2 Å². The number of benzene rings is 2. The lowest BCUT2D eigenvalue weighted by Gasteiger charge is -2.06. The maximum atomic E-state index is 6.02. The fourth-order valence-electron chi connectivity index (χ4n) is 2.61. The number of aromatic amines is 1. The monoisotopic (exact) mass is 321 g/mol. The quantitative estimate of drug-likeness (QED) is 0.481. The maximum Gasteiger partial charge on any atom is 0.119 e. The number of rotatable bonds is 7.